The Labute approximate surface area is 66.3 Å². The quantitative estimate of drug-likeness (QED) is 0.592. The summed E-state index contributed by atoms with van der Waals surface area (Å²) in [4.78, 5) is 9.67. The molecule has 0 aliphatic heterocycles. The number of thioether (sulfide) groups is 1. The van der Waals surface area contributed by atoms with Crippen LogP contribution < -0.4 is 0 Å². The number of hydrogen-bond donors (Lipinski definition) is 0. The summed E-state index contributed by atoms with van der Waals surface area (Å²) >= 11 is 1.73. The fourth-order valence-corrected chi connectivity index (χ4v) is 1.39. The van der Waals surface area contributed by atoms with Crippen LogP contribution in [-0.4, -0.2) is 24.6 Å². The van der Waals surface area contributed by atoms with Gasteiger partial charge in [-0.1, -0.05) is 13.3 Å². The first-order valence-corrected chi connectivity index (χ1v) is 4.65. The third kappa shape index (κ3) is 4.68. The second-order valence-corrected chi connectivity index (χ2v) is 3.18. The highest BCUT2D eigenvalue weighted by atomic mass is 32.2. The number of ether oxygens (including phenoxy) is 1. The van der Waals surface area contributed by atoms with E-state index in [2.05, 4.69) is 11.7 Å². The number of carbonyl (C=O) groups excluding carboxylic acids is 1. The van der Waals surface area contributed by atoms with Crippen LogP contribution in [0, 0.1) is 0 Å². The zero-order valence-corrected chi connectivity index (χ0v) is 7.24. The van der Waals surface area contributed by atoms with Crippen molar-refractivity contribution in [1.82, 2.24) is 0 Å². The second kappa shape index (κ2) is 6.93. The molecular formula is C7H13O2S. The molecule has 0 rings (SSSR count). The summed E-state index contributed by atoms with van der Waals surface area (Å²) in [5.74, 6) is 0. The molecule has 1 radical (unpaired) electrons. The van der Waals surface area contributed by atoms with E-state index in [9.17, 15) is 4.79 Å². The molecule has 0 N–H and O–H groups in total. The van der Waals surface area contributed by atoms with Crippen molar-refractivity contribution >= 4 is 18.2 Å². The molecule has 0 aliphatic rings. The Morgan fingerprint density at radius 2 is 2.40 bits per heavy atom. The Hall–Kier alpha value is -0.180. The van der Waals surface area contributed by atoms with E-state index < -0.39 is 0 Å². The lowest BCUT2D eigenvalue weighted by atomic mass is 10.2. The van der Waals surface area contributed by atoms with Gasteiger partial charge in [0, 0.05) is 5.25 Å². The van der Waals surface area contributed by atoms with Crippen LogP contribution in [0.3, 0.4) is 0 Å². The van der Waals surface area contributed by atoms with Crippen LogP contribution in [0.1, 0.15) is 19.8 Å². The summed E-state index contributed by atoms with van der Waals surface area (Å²) in [5.41, 5.74) is 0. The molecule has 2 nitrogen and oxygen atoms in total. The normalized spacial score (nSPS) is 12.6. The lowest BCUT2D eigenvalue weighted by Gasteiger charge is -2.09. The topological polar surface area (TPSA) is 26.3 Å². The van der Waals surface area contributed by atoms with Gasteiger partial charge in [-0.15, -0.1) is 0 Å². The van der Waals surface area contributed by atoms with E-state index in [1.807, 2.05) is 6.26 Å². The van der Waals surface area contributed by atoms with Gasteiger partial charge in [-0.25, -0.2) is 4.79 Å². The molecule has 1 atom stereocenters. The van der Waals surface area contributed by atoms with Crippen LogP contribution in [-0.2, 0) is 9.53 Å². The fraction of sp³-hybridized carbons (Fsp3) is 0.857. The second-order valence-electron chi connectivity index (χ2n) is 2.04. The molecule has 1 unspecified atom stereocenters. The lowest BCUT2D eigenvalue weighted by molar-refractivity contribution is 0.274. The highest BCUT2D eigenvalue weighted by molar-refractivity contribution is 7.99. The molecule has 0 heterocycles. The Morgan fingerprint density at radius 3 is 2.80 bits per heavy atom. The number of hydrogen-bond acceptors (Lipinski definition) is 3. The van der Waals surface area contributed by atoms with Gasteiger partial charge in [-0.2, -0.15) is 11.8 Å². The molecule has 0 aromatic carbocycles. The van der Waals surface area contributed by atoms with E-state index in [1.165, 1.54) is 6.47 Å². The highest BCUT2D eigenvalue weighted by Crippen LogP contribution is 2.12. The summed E-state index contributed by atoms with van der Waals surface area (Å²) in [6.07, 6.45) is 4.26. The molecule has 0 bridgehead atoms. The van der Waals surface area contributed by atoms with Crippen LogP contribution in [0.2, 0.25) is 0 Å². The van der Waals surface area contributed by atoms with Crippen LogP contribution in [0.5, 0.6) is 0 Å². The average molecular weight is 161 g/mol. The van der Waals surface area contributed by atoms with E-state index in [1.54, 1.807) is 11.8 Å². The van der Waals surface area contributed by atoms with Crippen LogP contribution in [0.25, 0.3) is 0 Å². The molecule has 0 aromatic rings. The summed E-state index contributed by atoms with van der Waals surface area (Å²) in [7, 11) is 0. The van der Waals surface area contributed by atoms with Crippen molar-refractivity contribution < 1.29 is 9.53 Å². The van der Waals surface area contributed by atoms with E-state index in [-0.39, 0.29) is 0 Å². The van der Waals surface area contributed by atoms with Crippen molar-refractivity contribution in [3.05, 3.63) is 0 Å². The zero-order valence-electron chi connectivity index (χ0n) is 6.42. The maximum absolute atomic E-state index is 9.67. The first-order chi connectivity index (χ1) is 4.85. The maximum atomic E-state index is 9.67. The Balaban J connectivity index is 3.29. The predicted octanol–water partition coefficient (Wildman–Crippen LogP) is 1.60. The summed E-state index contributed by atoms with van der Waals surface area (Å²) < 4.78 is 4.51. The summed E-state index contributed by atoms with van der Waals surface area (Å²) in [6.45, 7) is 4.04. The van der Waals surface area contributed by atoms with Crippen LogP contribution in [0.15, 0.2) is 0 Å². The molecule has 0 spiro atoms. The molecule has 0 aromatic heterocycles. The van der Waals surface area contributed by atoms with Gasteiger partial charge in [0.15, 0.2) is 0 Å². The lowest BCUT2D eigenvalue weighted by Crippen LogP contribution is -2.10. The Kier molecular flexibility index (Phi) is 6.81. The molecule has 0 fully saturated rings. The summed E-state index contributed by atoms with van der Waals surface area (Å²) in [6, 6.07) is 0. The minimum absolute atomic E-state index is 0.450. The Morgan fingerprint density at radius 1 is 1.70 bits per heavy atom. The molecule has 0 saturated carbocycles. The van der Waals surface area contributed by atoms with Crippen molar-refractivity contribution in [2.24, 2.45) is 0 Å². The molecule has 3 heteroatoms. The van der Waals surface area contributed by atoms with Gasteiger partial charge in [0.1, 0.15) is 6.61 Å². The molecule has 0 saturated heterocycles. The molecule has 10 heavy (non-hydrogen) atoms. The third-order valence-electron chi connectivity index (χ3n) is 1.27. The smallest absolute Gasteiger partial charge is 0.417 e. The first kappa shape index (κ1) is 9.82. The van der Waals surface area contributed by atoms with Gasteiger partial charge in [0.05, 0.1) is 0 Å². The molecule has 59 valence electrons. The van der Waals surface area contributed by atoms with E-state index in [4.69, 9.17) is 0 Å². The van der Waals surface area contributed by atoms with Crippen LogP contribution >= 0.6 is 11.8 Å². The third-order valence-corrected chi connectivity index (χ3v) is 2.31. The van der Waals surface area contributed by atoms with Gasteiger partial charge in [-0.3, -0.25) is 0 Å². The highest BCUT2D eigenvalue weighted by Gasteiger charge is 2.04. The SMILES string of the molecule is CCCC(CO[C]=O)SC. The van der Waals surface area contributed by atoms with Crippen molar-refractivity contribution in [2.75, 3.05) is 12.9 Å². The predicted molar refractivity (Wildman–Crippen MR) is 43.9 cm³/mol. The average Bonchev–Trinajstić information content (AvgIpc) is 1.98. The van der Waals surface area contributed by atoms with Gasteiger partial charge in [0.25, 0.3) is 0 Å². The Bertz CT molecular complexity index is 85.7. The van der Waals surface area contributed by atoms with E-state index in [0.29, 0.717) is 11.9 Å². The van der Waals surface area contributed by atoms with Gasteiger partial charge >= 0.3 is 6.47 Å². The first-order valence-electron chi connectivity index (χ1n) is 3.36. The zero-order chi connectivity index (χ0) is 7.82. The largest absolute Gasteiger partial charge is 0.456 e. The number of rotatable bonds is 6. The standard InChI is InChI=1S/C7H13O2S/c1-3-4-7(10-2)5-9-6-8/h7H,3-5H2,1-2H3. The van der Waals surface area contributed by atoms with E-state index >= 15 is 0 Å². The fourth-order valence-electron chi connectivity index (χ4n) is 0.718. The minimum atomic E-state index is 0.450. The van der Waals surface area contributed by atoms with Crippen molar-refractivity contribution in [2.45, 2.75) is 25.0 Å². The summed E-state index contributed by atoms with van der Waals surface area (Å²) in [5, 5.41) is 0.450. The minimum Gasteiger partial charge on any atom is -0.456 e. The maximum Gasteiger partial charge on any atom is 0.417 e. The van der Waals surface area contributed by atoms with Gasteiger partial charge in [0.2, 0.25) is 0 Å². The van der Waals surface area contributed by atoms with Crippen molar-refractivity contribution in [3.8, 4) is 0 Å². The van der Waals surface area contributed by atoms with Crippen LogP contribution in [0.4, 0.5) is 0 Å². The molecule has 0 amide bonds. The van der Waals surface area contributed by atoms with Crippen molar-refractivity contribution in [1.29, 1.82) is 0 Å². The molecule has 0 aliphatic carbocycles. The van der Waals surface area contributed by atoms with Gasteiger partial charge < -0.3 is 4.74 Å². The van der Waals surface area contributed by atoms with Crippen molar-refractivity contribution in [3.63, 3.8) is 0 Å². The van der Waals surface area contributed by atoms with E-state index in [0.717, 1.165) is 12.8 Å². The monoisotopic (exact) mass is 161 g/mol. The molecular weight excluding hydrogens is 148 g/mol. The van der Waals surface area contributed by atoms with Gasteiger partial charge in [-0.05, 0) is 12.7 Å².